The van der Waals surface area contributed by atoms with Crippen molar-refractivity contribution in [2.45, 2.75) is 59.0 Å². The molecular formula is C15H23N7OS. The molecule has 130 valence electrons. The smallest absolute Gasteiger partial charge is 0.320 e. The molecule has 1 fully saturated rings. The lowest BCUT2D eigenvalue weighted by Crippen LogP contribution is -2.32. The van der Waals surface area contributed by atoms with Gasteiger partial charge in [-0.2, -0.15) is 0 Å². The summed E-state index contributed by atoms with van der Waals surface area (Å²) in [6, 6.07) is -0.145. The van der Waals surface area contributed by atoms with E-state index >= 15 is 0 Å². The molecule has 2 heterocycles. The van der Waals surface area contributed by atoms with Crippen molar-refractivity contribution in [3.8, 4) is 0 Å². The molecular weight excluding hydrogens is 326 g/mol. The molecule has 24 heavy (non-hydrogen) atoms. The van der Waals surface area contributed by atoms with Crippen molar-refractivity contribution >= 4 is 22.4 Å². The molecule has 3 rings (SSSR count). The Labute approximate surface area is 145 Å². The van der Waals surface area contributed by atoms with Crippen LogP contribution in [0.25, 0.3) is 0 Å². The number of urea groups is 1. The fourth-order valence-corrected chi connectivity index (χ4v) is 3.40. The standard InChI is InChI=1S/C15H23N7OS/c1-8(2)7-12-14(24-10(4)17-12)18-15(23)16-9(3)13-19-20-21-22(13)11-5-6-11/h8-9,11H,5-7H2,1-4H3,(H2,16,18,23). The second-order valence-corrected chi connectivity index (χ2v) is 7.84. The molecule has 1 saturated carbocycles. The lowest BCUT2D eigenvalue weighted by molar-refractivity contribution is 0.248. The zero-order valence-corrected chi connectivity index (χ0v) is 15.2. The number of nitrogens with one attached hydrogen (secondary N) is 2. The molecule has 0 spiro atoms. The fourth-order valence-electron chi connectivity index (χ4n) is 2.56. The number of hydrogen-bond acceptors (Lipinski definition) is 6. The number of anilines is 1. The van der Waals surface area contributed by atoms with Crippen molar-refractivity contribution in [1.29, 1.82) is 0 Å². The predicted molar refractivity (Wildman–Crippen MR) is 92.1 cm³/mol. The van der Waals surface area contributed by atoms with Crippen molar-refractivity contribution in [3.63, 3.8) is 0 Å². The molecule has 2 amide bonds. The van der Waals surface area contributed by atoms with Crippen LogP contribution in [-0.2, 0) is 6.42 Å². The summed E-state index contributed by atoms with van der Waals surface area (Å²) >= 11 is 1.50. The molecule has 1 aliphatic rings. The van der Waals surface area contributed by atoms with Crippen LogP contribution >= 0.6 is 11.3 Å². The highest BCUT2D eigenvalue weighted by Gasteiger charge is 2.30. The van der Waals surface area contributed by atoms with Gasteiger partial charge in [-0.3, -0.25) is 5.32 Å². The second kappa shape index (κ2) is 6.84. The van der Waals surface area contributed by atoms with Gasteiger partial charge in [0.05, 0.1) is 22.8 Å². The van der Waals surface area contributed by atoms with Gasteiger partial charge in [0.15, 0.2) is 5.82 Å². The lowest BCUT2D eigenvalue weighted by atomic mass is 10.1. The Bertz CT molecular complexity index is 719. The Morgan fingerprint density at radius 1 is 1.38 bits per heavy atom. The molecule has 8 nitrogen and oxygen atoms in total. The Balaban J connectivity index is 1.64. The Morgan fingerprint density at radius 3 is 2.79 bits per heavy atom. The molecule has 0 radical (unpaired) electrons. The van der Waals surface area contributed by atoms with Gasteiger partial charge in [0.1, 0.15) is 5.00 Å². The molecule has 0 aliphatic heterocycles. The lowest BCUT2D eigenvalue weighted by Gasteiger charge is -2.14. The normalized spacial score (nSPS) is 15.5. The van der Waals surface area contributed by atoms with Crippen molar-refractivity contribution in [1.82, 2.24) is 30.5 Å². The van der Waals surface area contributed by atoms with E-state index in [1.165, 1.54) is 11.3 Å². The molecule has 2 aromatic rings. The van der Waals surface area contributed by atoms with Crippen LogP contribution in [0.1, 0.15) is 62.2 Å². The largest absolute Gasteiger partial charge is 0.328 e. The van der Waals surface area contributed by atoms with Gasteiger partial charge in [-0.25, -0.2) is 14.5 Å². The van der Waals surface area contributed by atoms with Crippen LogP contribution in [0.2, 0.25) is 0 Å². The molecule has 0 aromatic carbocycles. The number of aryl methyl sites for hydroxylation is 1. The summed E-state index contributed by atoms with van der Waals surface area (Å²) in [5, 5.41) is 19.4. The van der Waals surface area contributed by atoms with E-state index in [4.69, 9.17) is 0 Å². The number of tetrazole rings is 1. The molecule has 0 saturated heterocycles. The van der Waals surface area contributed by atoms with Gasteiger partial charge in [0.25, 0.3) is 0 Å². The first kappa shape index (κ1) is 16.8. The van der Waals surface area contributed by atoms with E-state index < -0.39 is 0 Å². The van der Waals surface area contributed by atoms with Crippen LogP contribution in [0, 0.1) is 12.8 Å². The van der Waals surface area contributed by atoms with Crippen molar-refractivity contribution in [3.05, 3.63) is 16.5 Å². The van der Waals surface area contributed by atoms with Gasteiger partial charge < -0.3 is 5.32 Å². The number of aromatic nitrogens is 5. The maximum Gasteiger partial charge on any atom is 0.320 e. The molecule has 1 aliphatic carbocycles. The Kier molecular flexibility index (Phi) is 4.79. The summed E-state index contributed by atoms with van der Waals surface area (Å²) in [4.78, 5) is 16.9. The van der Waals surface area contributed by atoms with Gasteiger partial charge in [-0.05, 0) is 49.5 Å². The van der Waals surface area contributed by atoms with E-state index in [0.717, 1.165) is 35.0 Å². The molecule has 1 unspecified atom stereocenters. The number of amides is 2. The summed E-state index contributed by atoms with van der Waals surface area (Å²) < 4.78 is 1.81. The van der Waals surface area contributed by atoms with E-state index in [0.29, 0.717) is 17.8 Å². The molecule has 2 aromatic heterocycles. The van der Waals surface area contributed by atoms with Gasteiger partial charge in [-0.1, -0.05) is 13.8 Å². The number of nitrogens with zero attached hydrogens (tertiary/aromatic N) is 5. The molecule has 2 N–H and O–H groups in total. The van der Waals surface area contributed by atoms with Gasteiger partial charge >= 0.3 is 6.03 Å². The SMILES string of the molecule is Cc1nc(CC(C)C)c(NC(=O)NC(C)c2nnnn2C2CC2)s1. The highest BCUT2D eigenvalue weighted by atomic mass is 32.1. The van der Waals surface area contributed by atoms with Crippen LogP contribution in [0.4, 0.5) is 9.80 Å². The van der Waals surface area contributed by atoms with E-state index in [2.05, 4.69) is 45.0 Å². The average Bonchev–Trinajstić information content (AvgIpc) is 3.11. The van der Waals surface area contributed by atoms with E-state index in [1.54, 1.807) is 0 Å². The minimum atomic E-state index is -0.262. The number of carbonyl (C=O) groups excluding carboxylic acids is 1. The minimum Gasteiger partial charge on any atom is -0.328 e. The van der Waals surface area contributed by atoms with Gasteiger partial charge in [-0.15, -0.1) is 16.4 Å². The van der Waals surface area contributed by atoms with Crippen LogP contribution in [0.3, 0.4) is 0 Å². The second-order valence-electron chi connectivity index (χ2n) is 6.64. The summed E-state index contributed by atoms with van der Waals surface area (Å²) in [6.07, 6.45) is 3.03. The van der Waals surface area contributed by atoms with Crippen LogP contribution in [0.15, 0.2) is 0 Å². The highest BCUT2D eigenvalue weighted by Crippen LogP contribution is 2.35. The van der Waals surface area contributed by atoms with E-state index in [9.17, 15) is 4.79 Å². The van der Waals surface area contributed by atoms with Crippen molar-refractivity contribution in [2.75, 3.05) is 5.32 Å². The first-order valence-corrected chi connectivity index (χ1v) is 9.07. The average molecular weight is 349 g/mol. The first-order chi connectivity index (χ1) is 11.4. The number of carbonyl (C=O) groups is 1. The van der Waals surface area contributed by atoms with Crippen LogP contribution in [0.5, 0.6) is 0 Å². The van der Waals surface area contributed by atoms with E-state index in [1.807, 2.05) is 18.5 Å². The van der Waals surface area contributed by atoms with Gasteiger partial charge in [0.2, 0.25) is 0 Å². The zero-order chi connectivity index (χ0) is 17.3. The predicted octanol–water partition coefficient (Wildman–Crippen LogP) is 2.85. The minimum absolute atomic E-state index is 0.261. The zero-order valence-electron chi connectivity index (χ0n) is 14.4. The quantitative estimate of drug-likeness (QED) is 0.835. The monoisotopic (exact) mass is 349 g/mol. The number of rotatable bonds is 6. The summed E-state index contributed by atoms with van der Waals surface area (Å²) in [5.74, 6) is 1.17. The Hall–Kier alpha value is -2.03. The summed E-state index contributed by atoms with van der Waals surface area (Å²) in [5.41, 5.74) is 0.943. The number of hydrogen-bond donors (Lipinski definition) is 2. The Morgan fingerprint density at radius 2 is 2.12 bits per heavy atom. The maximum absolute atomic E-state index is 12.3. The van der Waals surface area contributed by atoms with Crippen molar-refractivity contribution < 1.29 is 4.79 Å². The third-order valence-electron chi connectivity index (χ3n) is 3.78. The molecule has 1 atom stereocenters. The first-order valence-electron chi connectivity index (χ1n) is 8.25. The molecule has 9 heteroatoms. The third kappa shape index (κ3) is 3.89. The summed E-state index contributed by atoms with van der Waals surface area (Å²) in [7, 11) is 0. The highest BCUT2D eigenvalue weighted by molar-refractivity contribution is 7.16. The molecule has 0 bridgehead atoms. The summed E-state index contributed by atoms with van der Waals surface area (Å²) in [6.45, 7) is 8.11. The topological polar surface area (TPSA) is 97.6 Å². The van der Waals surface area contributed by atoms with Crippen LogP contribution < -0.4 is 10.6 Å². The van der Waals surface area contributed by atoms with Crippen molar-refractivity contribution in [2.24, 2.45) is 5.92 Å². The fraction of sp³-hybridized carbons (Fsp3) is 0.667. The number of thiazole rings is 1. The van der Waals surface area contributed by atoms with E-state index in [-0.39, 0.29) is 12.1 Å². The maximum atomic E-state index is 12.3. The van der Waals surface area contributed by atoms with Crippen LogP contribution in [-0.4, -0.2) is 31.2 Å². The third-order valence-corrected chi connectivity index (χ3v) is 4.71. The van der Waals surface area contributed by atoms with Gasteiger partial charge in [0, 0.05) is 0 Å².